The third kappa shape index (κ3) is 5.17. The Hall–Kier alpha value is -2.22. The molecule has 4 N–H and O–H groups in total. The molecule has 0 saturated heterocycles. The second kappa shape index (κ2) is 8.42. The number of carbonyl (C=O) groups excluding carboxylic acids is 2. The maximum atomic E-state index is 12.1. The molecule has 1 aromatic rings. The Kier molecular flexibility index (Phi) is 6.28. The number of nitrogens with two attached hydrogens (primary N) is 1. The number of amides is 2. The lowest BCUT2D eigenvalue weighted by Crippen LogP contribution is -2.44. The van der Waals surface area contributed by atoms with Crippen LogP contribution in [0.1, 0.15) is 42.6 Å². The number of nitrogens with zero attached hydrogens (tertiary/aromatic N) is 2. The minimum atomic E-state index is -0.240. The molecule has 1 aromatic heterocycles. The van der Waals surface area contributed by atoms with E-state index in [1.54, 1.807) is 0 Å². The van der Waals surface area contributed by atoms with Crippen LogP contribution in [-0.2, 0) is 4.79 Å². The molecule has 0 bridgehead atoms. The fraction of sp³-hybridized carbons (Fsp3) is 0.600. The smallest absolute Gasteiger partial charge is 0.271 e. The van der Waals surface area contributed by atoms with E-state index < -0.39 is 0 Å². The summed E-state index contributed by atoms with van der Waals surface area (Å²) in [5.74, 6) is 0.125. The van der Waals surface area contributed by atoms with E-state index in [-0.39, 0.29) is 29.6 Å². The van der Waals surface area contributed by atoms with Crippen molar-refractivity contribution in [3.63, 3.8) is 0 Å². The van der Waals surface area contributed by atoms with Crippen LogP contribution < -0.4 is 21.1 Å². The van der Waals surface area contributed by atoms with Gasteiger partial charge in [-0.15, -0.1) is 0 Å². The van der Waals surface area contributed by atoms with Gasteiger partial charge in [-0.05, 0) is 25.7 Å². The Morgan fingerprint density at radius 1 is 1.17 bits per heavy atom. The van der Waals surface area contributed by atoms with Crippen LogP contribution in [0.15, 0.2) is 12.4 Å². The predicted molar refractivity (Wildman–Crippen MR) is 83.9 cm³/mol. The van der Waals surface area contributed by atoms with E-state index >= 15 is 0 Å². The molecule has 1 aliphatic carbocycles. The van der Waals surface area contributed by atoms with Crippen LogP contribution in [0.3, 0.4) is 0 Å². The topological polar surface area (TPSA) is 119 Å². The second-order valence-corrected chi connectivity index (χ2v) is 5.57. The van der Waals surface area contributed by atoms with Gasteiger partial charge in [-0.1, -0.05) is 0 Å². The summed E-state index contributed by atoms with van der Waals surface area (Å²) in [6.07, 6.45) is 6.50. The Labute approximate surface area is 135 Å². The van der Waals surface area contributed by atoms with Crippen molar-refractivity contribution in [1.82, 2.24) is 20.6 Å². The van der Waals surface area contributed by atoms with Crippen LogP contribution in [0.2, 0.25) is 0 Å². The molecule has 0 unspecified atom stereocenters. The molecule has 0 atom stereocenters. The van der Waals surface area contributed by atoms with Crippen molar-refractivity contribution < 1.29 is 14.3 Å². The van der Waals surface area contributed by atoms with E-state index in [1.807, 2.05) is 0 Å². The SMILES string of the molecule is COc1cnc(C(=O)NC2CCC(NC(=O)CCN)CC2)cn1. The van der Waals surface area contributed by atoms with Gasteiger partial charge < -0.3 is 21.1 Å². The molecule has 8 heteroatoms. The molecule has 23 heavy (non-hydrogen) atoms. The lowest BCUT2D eigenvalue weighted by atomic mass is 9.91. The number of hydrogen-bond acceptors (Lipinski definition) is 6. The highest BCUT2D eigenvalue weighted by Crippen LogP contribution is 2.19. The summed E-state index contributed by atoms with van der Waals surface area (Å²) in [4.78, 5) is 31.6. The second-order valence-electron chi connectivity index (χ2n) is 5.57. The van der Waals surface area contributed by atoms with Crippen LogP contribution in [0.4, 0.5) is 0 Å². The Morgan fingerprint density at radius 3 is 2.35 bits per heavy atom. The highest BCUT2D eigenvalue weighted by Gasteiger charge is 2.24. The average Bonchev–Trinajstić information content (AvgIpc) is 2.57. The van der Waals surface area contributed by atoms with Crippen LogP contribution in [0.5, 0.6) is 5.88 Å². The van der Waals surface area contributed by atoms with Crippen LogP contribution >= 0.6 is 0 Å². The first-order valence-corrected chi connectivity index (χ1v) is 7.78. The van der Waals surface area contributed by atoms with E-state index in [0.717, 1.165) is 25.7 Å². The summed E-state index contributed by atoms with van der Waals surface area (Å²) in [6, 6.07) is 0.261. The van der Waals surface area contributed by atoms with Gasteiger partial charge in [-0.3, -0.25) is 9.59 Å². The largest absolute Gasteiger partial charge is 0.480 e. The van der Waals surface area contributed by atoms with Gasteiger partial charge in [-0.2, -0.15) is 0 Å². The zero-order valence-electron chi connectivity index (χ0n) is 13.2. The van der Waals surface area contributed by atoms with Gasteiger partial charge in [0.05, 0.1) is 19.5 Å². The third-order valence-electron chi connectivity index (χ3n) is 3.87. The molecule has 0 spiro atoms. The minimum Gasteiger partial charge on any atom is -0.480 e. The molecule has 8 nitrogen and oxygen atoms in total. The van der Waals surface area contributed by atoms with Gasteiger partial charge in [0, 0.05) is 25.0 Å². The van der Waals surface area contributed by atoms with E-state index in [1.165, 1.54) is 19.5 Å². The highest BCUT2D eigenvalue weighted by molar-refractivity contribution is 5.92. The maximum absolute atomic E-state index is 12.1. The van der Waals surface area contributed by atoms with E-state index in [2.05, 4.69) is 20.6 Å². The van der Waals surface area contributed by atoms with Crippen LogP contribution in [0, 0.1) is 0 Å². The first-order chi connectivity index (χ1) is 11.1. The summed E-state index contributed by atoms with van der Waals surface area (Å²) >= 11 is 0. The predicted octanol–water partition coefficient (Wildman–Crippen LogP) is -0.00880. The van der Waals surface area contributed by atoms with Gasteiger partial charge >= 0.3 is 0 Å². The molecule has 1 saturated carbocycles. The number of methoxy groups -OCH3 is 1. The van der Waals surface area contributed by atoms with Gasteiger partial charge in [-0.25, -0.2) is 9.97 Å². The number of aromatic nitrogens is 2. The average molecular weight is 321 g/mol. The third-order valence-corrected chi connectivity index (χ3v) is 3.87. The summed E-state index contributed by atoms with van der Waals surface area (Å²) in [5, 5.41) is 5.93. The number of carbonyl (C=O) groups is 2. The Balaban J connectivity index is 1.77. The molecular weight excluding hydrogens is 298 g/mol. The minimum absolute atomic E-state index is 0.00603. The molecule has 0 aromatic carbocycles. The molecule has 1 heterocycles. The van der Waals surface area contributed by atoms with Crippen molar-refractivity contribution in [3.05, 3.63) is 18.1 Å². The maximum Gasteiger partial charge on any atom is 0.271 e. The summed E-state index contributed by atoms with van der Waals surface area (Å²) in [6.45, 7) is 0.361. The van der Waals surface area contributed by atoms with Crippen LogP contribution in [-0.4, -0.2) is 47.5 Å². The van der Waals surface area contributed by atoms with Crippen molar-refractivity contribution in [2.75, 3.05) is 13.7 Å². The normalized spacial score (nSPS) is 20.6. The molecule has 2 amide bonds. The van der Waals surface area contributed by atoms with Crippen molar-refractivity contribution in [3.8, 4) is 5.88 Å². The molecule has 2 rings (SSSR count). The highest BCUT2D eigenvalue weighted by atomic mass is 16.5. The number of ether oxygens (including phenoxy) is 1. The number of hydrogen-bond donors (Lipinski definition) is 3. The molecule has 0 radical (unpaired) electrons. The lowest BCUT2D eigenvalue weighted by molar-refractivity contribution is -0.121. The first-order valence-electron chi connectivity index (χ1n) is 7.78. The summed E-state index contributed by atoms with van der Waals surface area (Å²) < 4.78 is 4.91. The summed E-state index contributed by atoms with van der Waals surface area (Å²) in [5.41, 5.74) is 5.63. The van der Waals surface area contributed by atoms with Crippen molar-refractivity contribution in [2.45, 2.75) is 44.2 Å². The standard InChI is InChI=1S/C15H23N5O3/c1-23-14-9-17-12(8-18-14)15(22)20-11-4-2-10(3-5-11)19-13(21)6-7-16/h8-11H,2-7,16H2,1H3,(H,19,21)(H,20,22). The Bertz CT molecular complexity index is 526. The van der Waals surface area contributed by atoms with Gasteiger partial charge in [0.2, 0.25) is 11.8 Å². The van der Waals surface area contributed by atoms with E-state index in [4.69, 9.17) is 10.5 Å². The van der Waals surface area contributed by atoms with Crippen molar-refractivity contribution in [1.29, 1.82) is 0 Å². The van der Waals surface area contributed by atoms with Gasteiger partial charge in [0.1, 0.15) is 5.69 Å². The summed E-state index contributed by atoms with van der Waals surface area (Å²) in [7, 11) is 1.49. The molecule has 1 aliphatic rings. The number of nitrogens with one attached hydrogen (secondary N) is 2. The van der Waals surface area contributed by atoms with E-state index in [9.17, 15) is 9.59 Å². The zero-order chi connectivity index (χ0) is 16.7. The van der Waals surface area contributed by atoms with Gasteiger partial charge in [0.25, 0.3) is 5.91 Å². The van der Waals surface area contributed by atoms with Crippen LogP contribution in [0.25, 0.3) is 0 Å². The molecular formula is C15H23N5O3. The van der Waals surface area contributed by atoms with Crippen molar-refractivity contribution in [2.24, 2.45) is 5.73 Å². The van der Waals surface area contributed by atoms with E-state index in [0.29, 0.717) is 18.8 Å². The monoisotopic (exact) mass is 321 g/mol. The lowest BCUT2D eigenvalue weighted by Gasteiger charge is -2.29. The fourth-order valence-electron chi connectivity index (χ4n) is 2.61. The first kappa shape index (κ1) is 17.1. The Morgan fingerprint density at radius 2 is 1.83 bits per heavy atom. The van der Waals surface area contributed by atoms with Gasteiger partial charge in [0.15, 0.2) is 0 Å². The van der Waals surface area contributed by atoms with Crippen molar-refractivity contribution >= 4 is 11.8 Å². The fourth-order valence-corrected chi connectivity index (χ4v) is 2.61. The molecule has 126 valence electrons. The quantitative estimate of drug-likeness (QED) is 0.678. The number of rotatable bonds is 6. The molecule has 1 fully saturated rings. The molecule has 0 aliphatic heterocycles. The zero-order valence-corrected chi connectivity index (χ0v) is 13.2.